The molecule has 0 atom stereocenters. The van der Waals surface area contributed by atoms with Crippen LogP contribution in [0.1, 0.15) is 11.1 Å². The van der Waals surface area contributed by atoms with Gasteiger partial charge in [-0.05, 0) is 31.2 Å². The topological polar surface area (TPSA) is 42.7 Å². The lowest BCUT2D eigenvalue weighted by atomic mass is 10.2. The van der Waals surface area contributed by atoms with Crippen molar-refractivity contribution in [3.8, 4) is 5.82 Å². The van der Waals surface area contributed by atoms with E-state index < -0.39 is 0 Å². The summed E-state index contributed by atoms with van der Waals surface area (Å²) >= 11 is 5.82. The lowest BCUT2D eigenvalue weighted by Crippen LogP contribution is -2.07. The Labute approximate surface area is 99.3 Å². The highest BCUT2D eigenvalue weighted by molar-refractivity contribution is 6.30. The van der Waals surface area contributed by atoms with Crippen molar-refractivity contribution in [1.29, 1.82) is 0 Å². The van der Waals surface area contributed by atoms with Gasteiger partial charge in [0.25, 0.3) is 0 Å². The number of nitrogens with zero attached hydrogens (tertiary/aromatic N) is 3. The second kappa shape index (κ2) is 4.63. The fourth-order valence-electron chi connectivity index (χ4n) is 1.58. The van der Waals surface area contributed by atoms with Crippen LogP contribution in [0.4, 0.5) is 0 Å². The summed E-state index contributed by atoms with van der Waals surface area (Å²) in [5, 5.41) is 7.83. The van der Waals surface area contributed by atoms with Gasteiger partial charge in [-0.3, -0.25) is 0 Å². The Morgan fingerprint density at radius 2 is 2.25 bits per heavy atom. The van der Waals surface area contributed by atoms with Gasteiger partial charge in [-0.2, -0.15) is 5.10 Å². The molecule has 0 spiro atoms. The van der Waals surface area contributed by atoms with E-state index in [9.17, 15) is 0 Å². The molecule has 0 saturated carbocycles. The van der Waals surface area contributed by atoms with Crippen molar-refractivity contribution in [2.24, 2.45) is 0 Å². The molecule has 0 radical (unpaired) electrons. The van der Waals surface area contributed by atoms with E-state index in [1.807, 2.05) is 20.2 Å². The molecule has 2 aromatic rings. The minimum atomic E-state index is 0.612. The average molecular weight is 237 g/mol. The van der Waals surface area contributed by atoms with Crippen LogP contribution < -0.4 is 5.32 Å². The quantitative estimate of drug-likeness (QED) is 0.886. The number of hydrogen-bond donors (Lipinski definition) is 1. The molecule has 2 rings (SSSR count). The molecule has 5 heteroatoms. The van der Waals surface area contributed by atoms with E-state index in [2.05, 4.69) is 21.5 Å². The Bertz CT molecular complexity index is 492. The van der Waals surface area contributed by atoms with Crippen molar-refractivity contribution in [3.05, 3.63) is 40.8 Å². The third kappa shape index (κ3) is 2.23. The van der Waals surface area contributed by atoms with Gasteiger partial charge in [0.1, 0.15) is 0 Å². The van der Waals surface area contributed by atoms with Gasteiger partial charge >= 0.3 is 0 Å². The molecule has 84 valence electrons. The van der Waals surface area contributed by atoms with Crippen molar-refractivity contribution >= 4 is 11.6 Å². The number of hydrogen-bond acceptors (Lipinski definition) is 3. The van der Waals surface area contributed by atoms with Crippen LogP contribution in [0.15, 0.2) is 24.7 Å². The minimum Gasteiger partial charge on any atom is -0.316 e. The first-order chi connectivity index (χ1) is 7.70. The number of aromatic nitrogens is 3. The molecule has 16 heavy (non-hydrogen) atoms. The zero-order valence-electron chi connectivity index (χ0n) is 9.24. The lowest BCUT2D eigenvalue weighted by molar-refractivity contribution is 0.797. The molecule has 4 nitrogen and oxygen atoms in total. The summed E-state index contributed by atoms with van der Waals surface area (Å²) in [6.45, 7) is 2.82. The van der Waals surface area contributed by atoms with Crippen LogP contribution in [0.3, 0.4) is 0 Å². The maximum atomic E-state index is 5.82. The third-order valence-corrected chi connectivity index (χ3v) is 2.45. The highest BCUT2D eigenvalue weighted by Gasteiger charge is 2.05. The predicted molar refractivity (Wildman–Crippen MR) is 63.9 cm³/mol. The molecule has 2 heterocycles. The molecule has 2 aromatic heterocycles. The van der Waals surface area contributed by atoms with E-state index in [4.69, 9.17) is 11.6 Å². The van der Waals surface area contributed by atoms with Gasteiger partial charge in [0.15, 0.2) is 5.82 Å². The highest BCUT2D eigenvalue weighted by atomic mass is 35.5. The van der Waals surface area contributed by atoms with E-state index in [0.29, 0.717) is 5.02 Å². The van der Waals surface area contributed by atoms with E-state index in [1.54, 1.807) is 17.1 Å². The van der Waals surface area contributed by atoms with Crippen LogP contribution in [0.5, 0.6) is 0 Å². The molecule has 0 fully saturated rings. The number of pyridine rings is 1. The van der Waals surface area contributed by atoms with Gasteiger partial charge in [0.05, 0.1) is 17.4 Å². The number of aryl methyl sites for hydroxylation is 1. The molecule has 0 bridgehead atoms. The molecule has 0 aliphatic heterocycles. The largest absolute Gasteiger partial charge is 0.316 e. The van der Waals surface area contributed by atoms with Gasteiger partial charge in [-0.1, -0.05) is 11.6 Å². The second-order valence-corrected chi connectivity index (χ2v) is 4.05. The van der Waals surface area contributed by atoms with E-state index >= 15 is 0 Å². The first-order valence-electron chi connectivity index (χ1n) is 5.01. The van der Waals surface area contributed by atoms with Crippen molar-refractivity contribution in [2.45, 2.75) is 13.5 Å². The van der Waals surface area contributed by atoms with Crippen LogP contribution in [-0.4, -0.2) is 21.8 Å². The van der Waals surface area contributed by atoms with Gasteiger partial charge in [-0.15, -0.1) is 0 Å². The van der Waals surface area contributed by atoms with Crippen molar-refractivity contribution < 1.29 is 0 Å². The number of nitrogens with one attached hydrogen (secondary N) is 1. The highest BCUT2D eigenvalue weighted by Crippen LogP contribution is 2.14. The molecule has 0 aliphatic rings. The fourth-order valence-corrected chi connectivity index (χ4v) is 1.72. The lowest BCUT2D eigenvalue weighted by Gasteiger charge is -2.06. The van der Waals surface area contributed by atoms with Gasteiger partial charge in [-0.25, -0.2) is 9.67 Å². The number of halogens is 1. The Kier molecular flexibility index (Phi) is 3.22. The Morgan fingerprint density at radius 3 is 2.81 bits per heavy atom. The molecule has 1 N–H and O–H groups in total. The van der Waals surface area contributed by atoms with Gasteiger partial charge in [0.2, 0.25) is 0 Å². The molecule has 0 aromatic carbocycles. The zero-order chi connectivity index (χ0) is 11.5. The molecular weight excluding hydrogens is 224 g/mol. The summed E-state index contributed by atoms with van der Waals surface area (Å²) in [6, 6.07) is 2.09. The second-order valence-electron chi connectivity index (χ2n) is 3.62. The van der Waals surface area contributed by atoms with Crippen LogP contribution in [0.2, 0.25) is 5.02 Å². The SMILES string of the molecule is CNCc1cnc(-n2cc(Cl)cn2)c(C)c1. The van der Waals surface area contributed by atoms with Gasteiger partial charge < -0.3 is 5.32 Å². The first kappa shape index (κ1) is 11.1. The maximum absolute atomic E-state index is 5.82. The smallest absolute Gasteiger partial charge is 0.156 e. The summed E-state index contributed by atoms with van der Waals surface area (Å²) in [5.74, 6) is 0.812. The van der Waals surface area contributed by atoms with E-state index in [1.165, 1.54) is 0 Å². The monoisotopic (exact) mass is 236 g/mol. The van der Waals surface area contributed by atoms with Crippen molar-refractivity contribution in [2.75, 3.05) is 7.05 Å². The van der Waals surface area contributed by atoms with Crippen molar-refractivity contribution in [3.63, 3.8) is 0 Å². The van der Waals surface area contributed by atoms with Crippen LogP contribution in [0, 0.1) is 6.92 Å². The average Bonchev–Trinajstić information content (AvgIpc) is 2.65. The molecule has 0 unspecified atom stereocenters. The zero-order valence-corrected chi connectivity index (χ0v) is 9.99. The predicted octanol–water partition coefficient (Wildman–Crippen LogP) is 1.95. The minimum absolute atomic E-state index is 0.612. The first-order valence-corrected chi connectivity index (χ1v) is 5.39. The third-order valence-electron chi connectivity index (χ3n) is 2.26. The van der Waals surface area contributed by atoms with E-state index in [0.717, 1.165) is 23.5 Å². The molecular formula is C11H13ClN4. The van der Waals surface area contributed by atoms with Crippen LogP contribution >= 0.6 is 11.6 Å². The summed E-state index contributed by atoms with van der Waals surface area (Å²) in [5.41, 5.74) is 2.23. The molecule has 0 aliphatic carbocycles. The van der Waals surface area contributed by atoms with Crippen LogP contribution in [-0.2, 0) is 6.54 Å². The van der Waals surface area contributed by atoms with E-state index in [-0.39, 0.29) is 0 Å². The normalized spacial score (nSPS) is 10.7. The maximum Gasteiger partial charge on any atom is 0.156 e. The van der Waals surface area contributed by atoms with Crippen molar-refractivity contribution in [1.82, 2.24) is 20.1 Å². The Hall–Kier alpha value is -1.39. The van der Waals surface area contributed by atoms with Gasteiger partial charge in [0, 0.05) is 12.7 Å². The summed E-state index contributed by atoms with van der Waals surface area (Å²) in [6.07, 6.45) is 5.19. The van der Waals surface area contributed by atoms with Crippen LogP contribution in [0.25, 0.3) is 5.82 Å². The Morgan fingerprint density at radius 1 is 1.44 bits per heavy atom. The fraction of sp³-hybridized carbons (Fsp3) is 0.273. The standard InChI is InChI=1S/C11H13ClN4/c1-8-3-9(4-13-2)5-14-11(8)16-7-10(12)6-15-16/h3,5-7,13H,4H2,1-2H3. The molecule has 0 saturated heterocycles. The summed E-state index contributed by atoms with van der Waals surface area (Å²) in [4.78, 5) is 4.38. The molecule has 0 amide bonds. The number of rotatable bonds is 3. The summed E-state index contributed by atoms with van der Waals surface area (Å²) < 4.78 is 1.68. The Balaban J connectivity index is 2.36. The summed E-state index contributed by atoms with van der Waals surface area (Å²) in [7, 11) is 1.91.